The van der Waals surface area contributed by atoms with Crippen molar-refractivity contribution in [3.05, 3.63) is 96.2 Å². The zero-order valence-corrected chi connectivity index (χ0v) is 25.5. The maximum Gasteiger partial charge on any atom is 0.324 e. The van der Waals surface area contributed by atoms with Crippen LogP contribution in [-0.2, 0) is 16.7 Å². The highest BCUT2D eigenvalue weighted by atomic mass is 16.5. The number of ether oxygens (including phenoxy) is 1. The molecule has 44 heavy (non-hydrogen) atoms. The molecule has 2 unspecified atom stereocenters. The van der Waals surface area contributed by atoms with E-state index in [0.717, 1.165) is 76.3 Å². The summed E-state index contributed by atoms with van der Waals surface area (Å²) in [7, 11) is 0. The first kappa shape index (κ1) is 28.2. The number of aryl methyl sites for hydroxylation is 1. The Kier molecular flexibility index (Phi) is 7.14. The van der Waals surface area contributed by atoms with Gasteiger partial charge in [0.2, 0.25) is 0 Å². The number of carbonyl (C=O) groups excluding carboxylic acids is 1. The monoisotopic (exact) mass is 587 g/mol. The predicted octanol–water partition coefficient (Wildman–Crippen LogP) is 6.71. The number of rotatable bonds is 6. The molecule has 2 bridgehead atoms. The van der Waals surface area contributed by atoms with Crippen LogP contribution < -0.4 is 10.6 Å². The molecule has 0 spiro atoms. The largest absolute Gasteiger partial charge is 0.375 e. The minimum absolute atomic E-state index is 0.237. The molecule has 0 aliphatic carbocycles. The van der Waals surface area contributed by atoms with E-state index in [2.05, 4.69) is 64.6 Å². The number of morpholine rings is 1. The van der Waals surface area contributed by atoms with Crippen LogP contribution in [0.2, 0.25) is 0 Å². The Morgan fingerprint density at radius 1 is 0.955 bits per heavy atom. The molecular weight excluding hydrogens is 550 g/mol. The number of nitrogens with zero attached hydrogens (tertiary/aromatic N) is 5. The van der Waals surface area contributed by atoms with Crippen LogP contribution in [0.15, 0.2) is 79.3 Å². The van der Waals surface area contributed by atoms with Crippen LogP contribution >= 0.6 is 0 Å². The number of urea groups is 1. The lowest BCUT2D eigenvalue weighted by Crippen LogP contribution is -2.36. The van der Waals surface area contributed by atoms with Crippen molar-refractivity contribution in [2.75, 3.05) is 23.8 Å². The van der Waals surface area contributed by atoms with Gasteiger partial charge in [-0.05, 0) is 54.0 Å². The Morgan fingerprint density at radius 3 is 2.48 bits per heavy atom. The topological polar surface area (TPSA) is 97.2 Å². The van der Waals surface area contributed by atoms with Gasteiger partial charge < -0.3 is 10.1 Å². The van der Waals surface area contributed by atoms with Gasteiger partial charge in [-0.2, -0.15) is 5.10 Å². The van der Waals surface area contributed by atoms with Crippen molar-refractivity contribution in [3.8, 4) is 16.8 Å². The Hall–Kier alpha value is -4.60. The van der Waals surface area contributed by atoms with E-state index in [0.29, 0.717) is 18.0 Å². The summed E-state index contributed by atoms with van der Waals surface area (Å²) in [5.41, 5.74) is 6.27. The summed E-state index contributed by atoms with van der Waals surface area (Å²) in [4.78, 5) is 25.2. The summed E-state index contributed by atoms with van der Waals surface area (Å²) >= 11 is 0. The van der Waals surface area contributed by atoms with Gasteiger partial charge in [0.1, 0.15) is 5.82 Å². The summed E-state index contributed by atoms with van der Waals surface area (Å²) in [5.74, 6) is 0.613. The molecule has 2 amide bonds. The number of benzene rings is 2. The summed E-state index contributed by atoms with van der Waals surface area (Å²) in [6.07, 6.45) is 7.04. The van der Waals surface area contributed by atoms with E-state index in [1.807, 2.05) is 61.8 Å². The molecule has 224 valence electrons. The highest BCUT2D eigenvalue weighted by molar-refractivity contribution is 6.09. The third-order valence-electron chi connectivity index (χ3n) is 8.64. The van der Waals surface area contributed by atoms with Crippen molar-refractivity contribution in [1.29, 1.82) is 0 Å². The lowest BCUT2D eigenvalue weighted by molar-refractivity contribution is 0.0268. The van der Waals surface area contributed by atoms with Crippen molar-refractivity contribution in [3.63, 3.8) is 0 Å². The molecule has 0 saturated carbocycles. The third kappa shape index (κ3) is 5.44. The predicted molar refractivity (Wildman–Crippen MR) is 173 cm³/mol. The van der Waals surface area contributed by atoms with E-state index in [1.54, 1.807) is 10.9 Å². The van der Waals surface area contributed by atoms with Gasteiger partial charge in [-0.1, -0.05) is 57.2 Å². The first-order valence-electron chi connectivity index (χ1n) is 15.2. The van der Waals surface area contributed by atoms with Crippen molar-refractivity contribution in [2.45, 2.75) is 58.2 Å². The molecule has 7 rings (SSSR count). The Balaban J connectivity index is 1.13. The van der Waals surface area contributed by atoms with Crippen LogP contribution in [0.3, 0.4) is 0 Å². The van der Waals surface area contributed by atoms with Gasteiger partial charge in [-0.15, -0.1) is 0 Å². The average molecular weight is 588 g/mol. The normalized spacial score (nSPS) is 18.2. The molecule has 5 aromatic rings. The van der Waals surface area contributed by atoms with Crippen LogP contribution in [0.1, 0.15) is 44.1 Å². The summed E-state index contributed by atoms with van der Waals surface area (Å²) < 4.78 is 7.47. The molecule has 9 heteroatoms. The van der Waals surface area contributed by atoms with Crippen molar-refractivity contribution in [1.82, 2.24) is 24.6 Å². The highest BCUT2D eigenvalue weighted by Gasteiger charge is 2.38. The van der Waals surface area contributed by atoms with Gasteiger partial charge in [0.15, 0.2) is 0 Å². The molecule has 2 aromatic carbocycles. The lowest BCUT2D eigenvalue weighted by atomic mass is 9.89. The number of amides is 2. The van der Waals surface area contributed by atoms with Gasteiger partial charge in [0.25, 0.3) is 0 Å². The fourth-order valence-electron chi connectivity index (χ4n) is 6.28. The van der Waals surface area contributed by atoms with Crippen LogP contribution in [0.5, 0.6) is 0 Å². The summed E-state index contributed by atoms with van der Waals surface area (Å²) in [5, 5.41) is 12.8. The number of anilines is 2. The van der Waals surface area contributed by atoms with E-state index in [-0.39, 0.29) is 11.4 Å². The molecule has 2 saturated heterocycles. The Labute approximate surface area is 257 Å². The molecule has 2 atom stereocenters. The van der Waals surface area contributed by atoms with E-state index in [1.165, 1.54) is 0 Å². The molecule has 3 aromatic heterocycles. The van der Waals surface area contributed by atoms with Crippen LogP contribution in [0.25, 0.3) is 27.6 Å². The second kappa shape index (κ2) is 11.2. The van der Waals surface area contributed by atoms with Gasteiger partial charge in [-0.3, -0.25) is 20.2 Å². The van der Waals surface area contributed by atoms with Gasteiger partial charge in [0.05, 0.1) is 42.2 Å². The Bertz CT molecular complexity index is 1820. The quantitative estimate of drug-likeness (QED) is 0.229. The maximum atomic E-state index is 13.5. The zero-order chi connectivity index (χ0) is 30.4. The molecule has 2 aliphatic heterocycles. The molecule has 5 heterocycles. The second-order valence-corrected chi connectivity index (χ2v) is 12.8. The fraction of sp³-hybridized carbons (Fsp3) is 0.314. The highest BCUT2D eigenvalue weighted by Crippen LogP contribution is 2.35. The minimum Gasteiger partial charge on any atom is -0.375 e. The number of hydrogen-bond acceptors (Lipinski definition) is 6. The zero-order valence-electron chi connectivity index (χ0n) is 25.5. The van der Waals surface area contributed by atoms with E-state index < -0.39 is 0 Å². The summed E-state index contributed by atoms with van der Waals surface area (Å²) in [6.45, 7) is 10.9. The minimum atomic E-state index is -0.345. The number of aromatic nitrogens is 4. The number of pyridine rings is 2. The first-order valence-corrected chi connectivity index (χ1v) is 15.2. The van der Waals surface area contributed by atoms with Gasteiger partial charge in [0, 0.05) is 47.5 Å². The van der Waals surface area contributed by atoms with Crippen LogP contribution in [0.4, 0.5) is 16.3 Å². The second-order valence-electron chi connectivity index (χ2n) is 12.8. The van der Waals surface area contributed by atoms with E-state index in [4.69, 9.17) is 9.72 Å². The average Bonchev–Trinajstić information content (AvgIpc) is 3.75. The third-order valence-corrected chi connectivity index (χ3v) is 8.64. The number of hydrogen-bond donors (Lipinski definition) is 2. The molecular formula is C35H37N7O2. The van der Waals surface area contributed by atoms with Gasteiger partial charge >= 0.3 is 6.03 Å². The van der Waals surface area contributed by atoms with Crippen LogP contribution in [-0.4, -0.2) is 56.0 Å². The van der Waals surface area contributed by atoms with E-state index >= 15 is 0 Å². The van der Waals surface area contributed by atoms with Crippen molar-refractivity contribution >= 4 is 28.3 Å². The van der Waals surface area contributed by atoms with Crippen molar-refractivity contribution in [2.24, 2.45) is 0 Å². The number of nitrogens with one attached hydrogen (secondary N) is 2. The number of fused-ring (bicyclic) bond motifs is 3. The SMILES string of the molecule is Cc1ccc(-n2ncc(C(C)(C)C)c2NC(=O)Nc2ccc(-c3ccc(CN4CC5CC4CO5)nc3)c3ccccc23)cn1. The maximum absolute atomic E-state index is 13.5. The number of likely N-dealkylation sites (tertiary alicyclic amines) is 1. The molecule has 2 fully saturated rings. The fourth-order valence-corrected chi connectivity index (χ4v) is 6.28. The van der Waals surface area contributed by atoms with Crippen molar-refractivity contribution < 1.29 is 9.53 Å². The molecule has 9 nitrogen and oxygen atoms in total. The van der Waals surface area contributed by atoms with E-state index in [9.17, 15) is 4.79 Å². The molecule has 2 aliphatic rings. The number of carbonyl (C=O) groups is 1. The lowest BCUT2D eigenvalue weighted by Gasteiger charge is -2.26. The molecule has 0 radical (unpaired) electrons. The molecule has 2 N–H and O–H groups in total. The van der Waals surface area contributed by atoms with Gasteiger partial charge in [-0.25, -0.2) is 9.48 Å². The first-order chi connectivity index (χ1) is 21.2. The smallest absolute Gasteiger partial charge is 0.324 e. The van der Waals surface area contributed by atoms with Crippen LogP contribution in [0, 0.1) is 6.92 Å². The summed E-state index contributed by atoms with van der Waals surface area (Å²) in [6, 6.07) is 20.4. The Morgan fingerprint density at radius 2 is 1.80 bits per heavy atom. The standard InChI is InChI=1S/C35H37N7O2/c1-22-9-12-25(17-36-22)42-33(31(18-38-42)35(2,3)4)40-34(43)39-32-14-13-28(29-7-5-6-8-30(29)32)23-10-11-24(37-16-23)19-41-20-27-15-26(41)21-44-27/h5-14,16-18,26-27H,15,19-21H2,1-4H3,(H2,39,40,43).